The van der Waals surface area contributed by atoms with E-state index in [4.69, 9.17) is 24.4 Å². The average molecular weight is 409 g/mol. The van der Waals surface area contributed by atoms with E-state index in [2.05, 4.69) is 37.4 Å². The largest absolute Gasteiger partial charge is 0.331 e. The van der Waals surface area contributed by atoms with Gasteiger partial charge in [0, 0.05) is 10.2 Å². The van der Waals surface area contributed by atoms with E-state index in [0.29, 0.717) is 15.1 Å². The summed E-state index contributed by atoms with van der Waals surface area (Å²) in [4.78, 5) is 12.1. The summed E-state index contributed by atoms with van der Waals surface area (Å²) in [6.07, 6.45) is 0. The quantitative estimate of drug-likeness (QED) is 0.452. The van der Waals surface area contributed by atoms with Crippen LogP contribution in [0, 0.1) is 0 Å². The van der Waals surface area contributed by atoms with Crippen molar-refractivity contribution in [2.45, 2.75) is 0 Å². The summed E-state index contributed by atoms with van der Waals surface area (Å²) in [7, 11) is 0. The number of nitrogens with one attached hydrogen (secondary N) is 4. The van der Waals surface area contributed by atoms with Gasteiger partial charge in [-0.05, 0) is 64.6 Å². The highest BCUT2D eigenvalue weighted by molar-refractivity contribution is 9.10. The Morgan fingerprint density at radius 1 is 0.870 bits per heavy atom. The minimum Gasteiger partial charge on any atom is -0.331 e. The second-order valence-corrected chi connectivity index (χ2v) is 6.00. The Labute approximate surface area is 152 Å². The van der Waals surface area contributed by atoms with E-state index in [9.17, 15) is 4.79 Å². The van der Waals surface area contributed by atoms with Crippen LogP contribution in [-0.2, 0) is 0 Å². The molecule has 1 amide bonds. The number of hydrogen-bond acceptors (Lipinski definition) is 3. The summed E-state index contributed by atoms with van der Waals surface area (Å²) in [5, 5.41) is 5.97. The molecule has 0 fully saturated rings. The molecule has 0 aromatic heterocycles. The number of amides is 1. The van der Waals surface area contributed by atoms with Gasteiger partial charge in [0.05, 0.1) is 5.56 Å². The molecule has 2 aromatic rings. The fraction of sp³-hybridized carbons (Fsp3) is 0. The monoisotopic (exact) mass is 408 g/mol. The molecule has 0 heterocycles. The van der Waals surface area contributed by atoms with Crippen molar-refractivity contribution in [3.63, 3.8) is 0 Å². The Balaban J connectivity index is 1.80. The minimum absolute atomic E-state index is 0.114. The lowest BCUT2D eigenvalue weighted by molar-refractivity contribution is 0.0976. The Bertz CT molecular complexity index is 724. The van der Waals surface area contributed by atoms with Crippen molar-refractivity contribution in [1.82, 2.24) is 16.2 Å². The van der Waals surface area contributed by atoms with Gasteiger partial charge >= 0.3 is 0 Å². The number of hydrogen-bond donors (Lipinski definition) is 4. The summed E-state index contributed by atoms with van der Waals surface area (Å²) >= 11 is 13.5. The second-order valence-electron chi connectivity index (χ2n) is 4.33. The summed E-state index contributed by atoms with van der Waals surface area (Å²) in [6.45, 7) is 0. The number of anilines is 1. The van der Waals surface area contributed by atoms with Crippen LogP contribution in [0.4, 0.5) is 5.69 Å². The zero-order chi connectivity index (χ0) is 16.7. The number of halogens is 1. The van der Waals surface area contributed by atoms with Gasteiger partial charge in [0.25, 0.3) is 5.91 Å². The molecule has 0 atom stereocenters. The topological polar surface area (TPSA) is 65.2 Å². The van der Waals surface area contributed by atoms with Crippen LogP contribution in [0.5, 0.6) is 0 Å². The van der Waals surface area contributed by atoms with Crippen LogP contribution >= 0.6 is 40.4 Å². The molecule has 4 N–H and O–H groups in total. The van der Waals surface area contributed by atoms with Crippen LogP contribution in [0.2, 0.25) is 0 Å². The molecule has 0 saturated heterocycles. The third-order valence-electron chi connectivity index (χ3n) is 2.67. The van der Waals surface area contributed by atoms with Crippen molar-refractivity contribution >= 4 is 62.2 Å². The van der Waals surface area contributed by atoms with Crippen LogP contribution < -0.4 is 21.5 Å². The van der Waals surface area contributed by atoms with E-state index >= 15 is 0 Å². The van der Waals surface area contributed by atoms with Crippen LogP contribution in [0.1, 0.15) is 10.4 Å². The predicted octanol–water partition coefficient (Wildman–Crippen LogP) is 2.96. The van der Waals surface area contributed by atoms with Gasteiger partial charge in [0.15, 0.2) is 10.2 Å². The first kappa shape index (κ1) is 17.3. The molecule has 0 saturated carbocycles. The lowest BCUT2D eigenvalue weighted by Gasteiger charge is -2.14. The van der Waals surface area contributed by atoms with Crippen LogP contribution in [-0.4, -0.2) is 16.1 Å². The van der Waals surface area contributed by atoms with E-state index in [-0.39, 0.29) is 11.0 Å². The number of rotatable bonds is 2. The van der Waals surface area contributed by atoms with E-state index in [0.717, 1.165) is 5.69 Å². The predicted molar refractivity (Wildman–Crippen MR) is 103 cm³/mol. The van der Waals surface area contributed by atoms with Crippen molar-refractivity contribution in [3.05, 3.63) is 64.6 Å². The molecule has 8 heteroatoms. The number of hydrazine groups is 1. The standard InChI is InChI=1S/C15H13BrN4OS2/c16-12-9-5-4-8-11(12)13(21)18-15(23)20-19-14(22)17-10-6-2-1-3-7-10/h1-9H,(H2,17,19,22)(H2,18,20,21,23). The third kappa shape index (κ3) is 5.59. The van der Waals surface area contributed by atoms with Gasteiger partial charge in [-0.25, -0.2) is 0 Å². The zero-order valence-corrected chi connectivity index (χ0v) is 15.0. The number of para-hydroxylation sites is 1. The highest BCUT2D eigenvalue weighted by Crippen LogP contribution is 2.15. The maximum Gasteiger partial charge on any atom is 0.258 e. The summed E-state index contributed by atoms with van der Waals surface area (Å²) in [6, 6.07) is 16.5. The number of thiocarbonyl (C=S) groups is 2. The molecule has 0 radical (unpaired) electrons. The fourth-order valence-electron chi connectivity index (χ4n) is 1.64. The highest BCUT2D eigenvalue weighted by atomic mass is 79.9. The van der Waals surface area contributed by atoms with Gasteiger partial charge in [-0.2, -0.15) is 0 Å². The van der Waals surface area contributed by atoms with Crippen LogP contribution in [0.25, 0.3) is 0 Å². The van der Waals surface area contributed by atoms with E-state index in [1.165, 1.54) is 0 Å². The first-order valence-corrected chi connectivity index (χ1v) is 8.15. The van der Waals surface area contributed by atoms with Gasteiger partial charge in [-0.3, -0.25) is 21.0 Å². The first-order valence-electron chi connectivity index (χ1n) is 6.54. The molecule has 23 heavy (non-hydrogen) atoms. The first-order chi connectivity index (χ1) is 11.1. The van der Waals surface area contributed by atoms with Gasteiger partial charge < -0.3 is 5.32 Å². The van der Waals surface area contributed by atoms with E-state index < -0.39 is 0 Å². The molecule has 0 spiro atoms. The Kier molecular flexibility index (Phi) is 6.45. The van der Waals surface area contributed by atoms with E-state index in [1.54, 1.807) is 18.2 Å². The summed E-state index contributed by atoms with van der Waals surface area (Å²) in [5.74, 6) is -0.321. The van der Waals surface area contributed by atoms with Gasteiger partial charge in [-0.15, -0.1) is 0 Å². The molecule has 0 aliphatic rings. The average Bonchev–Trinajstić information content (AvgIpc) is 2.54. The van der Waals surface area contributed by atoms with Gasteiger partial charge in [0.1, 0.15) is 0 Å². The zero-order valence-electron chi connectivity index (χ0n) is 11.8. The Hall–Kier alpha value is -2.03. The molecule has 2 rings (SSSR count). The van der Waals surface area contributed by atoms with Crippen molar-refractivity contribution in [1.29, 1.82) is 0 Å². The third-order valence-corrected chi connectivity index (χ3v) is 3.77. The van der Waals surface area contributed by atoms with Crippen molar-refractivity contribution in [3.8, 4) is 0 Å². The molecular weight excluding hydrogens is 396 g/mol. The van der Waals surface area contributed by atoms with E-state index in [1.807, 2.05) is 36.4 Å². The second kappa shape index (κ2) is 8.56. The molecule has 0 aliphatic heterocycles. The van der Waals surface area contributed by atoms with Crippen LogP contribution in [0.15, 0.2) is 59.1 Å². The minimum atomic E-state index is -0.321. The molecule has 0 unspecified atom stereocenters. The SMILES string of the molecule is O=C(NC(=S)NNC(=S)Nc1ccccc1)c1ccccc1Br. The Morgan fingerprint density at radius 3 is 2.17 bits per heavy atom. The number of benzene rings is 2. The number of carbonyl (C=O) groups is 1. The fourth-order valence-corrected chi connectivity index (χ4v) is 2.42. The van der Waals surface area contributed by atoms with Crippen LogP contribution in [0.3, 0.4) is 0 Å². The summed E-state index contributed by atoms with van der Waals surface area (Å²) < 4.78 is 0.689. The molecule has 5 nitrogen and oxygen atoms in total. The molecule has 118 valence electrons. The van der Waals surface area contributed by atoms with Gasteiger partial charge in [0.2, 0.25) is 0 Å². The highest BCUT2D eigenvalue weighted by Gasteiger charge is 2.10. The molecule has 2 aromatic carbocycles. The molecular formula is C15H13BrN4OS2. The molecule has 0 aliphatic carbocycles. The van der Waals surface area contributed by atoms with Gasteiger partial charge in [-0.1, -0.05) is 30.3 Å². The Morgan fingerprint density at radius 2 is 1.48 bits per heavy atom. The lowest BCUT2D eigenvalue weighted by Crippen LogP contribution is -2.49. The smallest absolute Gasteiger partial charge is 0.258 e. The normalized spacial score (nSPS) is 9.61. The van der Waals surface area contributed by atoms with Crippen molar-refractivity contribution in [2.75, 3.05) is 5.32 Å². The summed E-state index contributed by atoms with van der Waals surface area (Å²) in [5.41, 5.74) is 6.69. The van der Waals surface area contributed by atoms with Crippen molar-refractivity contribution in [2.24, 2.45) is 0 Å². The van der Waals surface area contributed by atoms with Crippen molar-refractivity contribution < 1.29 is 4.79 Å². The maximum absolute atomic E-state index is 12.1. The molecule has 0 bridgehead atoms. The lowest BCUT2D eigenvalue weighted by atomic mass is 10.2. The number of carbonyl (C=O) groups excluding carboxylic acids is 1. The maximum atomic E-state index is 12.1.